The Morgan fingerprint density at radius 3 is 2.60 bits per heavy atom. The maximum Gasteiger partial charge on any atom is 0.123 e. The maximum atomic E-state index is 12.4. The Morgan fingerprint density at radius 2 is 2.20 bits per heavy atom. The summed E-state index contributed by atoms with van der Waals surface area (Å²) in [5.74, 6) is -0.479. The topological polar surface area (TPSA) is 49.9 Å². The molecule has 52 valence electrons. The van der Waals surface area contributed by atoms with Crippen molar-refractivity contribution < 1.29 is 4.39 Å². The fourth-order valence-corrected chi connectivity index (χ4v) is 0.656. The van der Waals surface area contributed by atoms with Gasteiger partial charge in [-0.25, -0.2) is 4.39 Å². The average molecular weight is 138 g/mol. The lowest BCUT2D eigenvalue weighted by atomic mass is 10.2. The molecule has 3 heteroatoms. The molecular formula is C7H7FN2. The second-order valence-electron chi connectivity index (χ2n) is 1.92. The van der Waals surface area contributed by atoms with Crippen molar-refractivity contribution >= 4 is 5.84 Å². The average Bonchev–Trinajstić information content (AvgIpc) is 1.88. The van der Waals surface area contributed by atoms with Gasteiger partial charge in [0.25, 0.3) is 0 Å². The first kappa shape index (κ1) is 6.74. The van der Waals surface area contributed by atoms with Gasteiger partial charge in [-0.15, -0.1) is 0 Å². The third-order valence-electron chi connectivity index (χ3n) is 1.14. The molecule has 0 unspecified atom stereocenters. The predicted octanol–water partition coefficient (Wildman–Crippen LogP) is 1.11. The molecule has 0 aliphatic heterocycles. The summed E-state index contributed by atoms with van der Waals surface area (Å²) in [4.78, 5) is 0. The SMILES string of the molecule is N=C(N)c1cccc(F)c1. The van der Waals surface area contributed by atoms with Gasteiger partial charge in [-0.05, 0) is 12.1 Å². The smallest absolute Gasteiger partial charge is 0.123 e. The van der Waals surface area contributed by atoms with Crippen LogP contribution in [0.1, 0.15) is 5.56 Å². The number of amidine groups is 1. The molecule has 3 N–H and O–H groups in total. The summed E-state index contributed by atoms with van der Waals surface area (Å²) in [6, 6.07) is 5.65. The van der Waals surface area contributed by atoms with Gasteiger partial charge < -0.3 is 5.73 Å². The van der Waals surface area contributed by atoms with Crippen molar-refractivity contribution in [1.82, 2.24) is 0 Å². The molecule has 0 aromatic heterocycles. The molecule has 0 saturated heterocycles. The first-order valence-electron chi connectivity index (χ1n) is 2.80. The van der Waals surface area contributed by atoms with Gasteiger partial charge in [-0.2, -0.15) is 0 Å². The van der Waals surface area contributed by atoms with Crippen molar-refractivity contribution in [3.8, 4) is 0 Å². The number of nitrogens with one attached hydrogen (secondary N) is 1. The molecule has 1 aromatic carbocycles. The van der Waals surface area contributed by atoms with E-state index in [4.69, 9.17) is 11.1 Å². The molecule has 0 fully saturated rings. The number of hydrogen-bond acceptors (Lipinski definition) is 1. The van der Waals surface area contributed by atoms with E-state index in [2.05, 4.69) is 0 Å². The van der Waals surface area contributed by atoms with Gasteiger partial charge in [0, 0.05) is 5.56 Å². The van der Waals surface area contributed by atoms with Gasteiger partial charge in [0.15, 0.2) is 0 Å². The zero-order valence-corrected chi connectivity index (χ0v) is 5.26. The third-order valence-corrected chi connectivity index (χ3v) is 1.14. The van der Waals surface area contributed by atoms with E-state index >= 15 is 0 Å². The summed E-state index contributed by atoms with van der Waals surface area (Å²) in [6.07, 6.45) is 0. The highest BCUT2D eigenvalue weighted by atomic mass is 19.1. The predicted molar refractivity (Wildman–Crippen MR) is 37.4 cm³/mol. The fourth-order valence-electron chi connectivity index (χ4n) is 0.656. The van der Waals surface area contributed by atoms with Crippen molar-refractivity contribution in [2.45, 2.75) is 0 Å². The Bertz CT molecular complexity index is 258. The van der Waals surface area contributed by atoms with Crippen LogP contribution in [0.5, 0.6) is 0 Å². The Balaban J connectivity index is 3.07. The van der Waals surface area contributed by atoms with Crippen LogP contribution < -0.4 is 5.73 Å². The molecule has 10 heavy (non-hydrogen) atoms. The minimum absolute atomic E-state index is 0.112. The van der Waals surface area contributed by atoms with Crippen LogP contribution in [0.15, 0.2) is 24.3 Å². The second kappa shape index (κ2) is 2.47. The lowest BCUT2D eigenvalue weighted by Gasteiger charge is -1.95. The molecule has 0 bridgehead atoms. The van der Waals surface area contributed by atoms with Crippen LogP contribution in [-0.2, 0) is 0 Å². The lowest BCUT2D eigenvalue weighted by molar-refractivity contribution is 0.627. The molecule has 0 amide bonds. The number of halogens is 1. The molecule has 0 spiro atoms. The zero-order chi connectivity index (χ0) is 7.56. The molecule has 2 nitrogen and oxygen atoms in total. The van der Waals surface area contributed by atoms with Gasteiger partial charge in [-0.3, -0.25) is 5.41 Å². The largest absolute Gasteiger partial charge is 0.384 e. The van der Waals surface area contributed by atoms with E-state index in [1.807, 2.05) is 0 Å². The second-order valence-corrected chi connectivity index (χ2v) is 1.92. The molecule has 1 rings (SSSR count). The van der Waals surface area contributed by atoms with E-state index in [0.29, 0.717) is 5.56 Å². The van der Waals surface area contributed by atoms with E-state index in [1.54, 1.807) is 6.07 Å². The lowest BCUT2D eigenvalue weighted by Crippen LogP contribution is -2.10. The number of hydrogen-bond donors (Lipinski definition) is 2. The van der Waals surface area contributed by atoms with Crippen LogP contribution >= 0.6 is 0 Å². The highest BCUT2D eigenvalue weighted by molar-refractivity contribution is 5.94. The van der Waals surface area contributed by atoms with Crippen LogP contribution in [0.4, 0.5) is 4.39 Å². The first-order chi connectivity index (χ1) is 4.70. The van der Waals surface area contributed by atoms with Crippen molar-refractivity contribution in [2.24, 2.45) is 5.73 Å². The standard InChI is InChI=1S/C7H7FN2/c8-6-3-1-2-5(4-6)7(9)10/h1-4H,(H3,9,10). The zero-order valence-electron chi connectivity index (χ0n) is 5.26. The number of nitrogens with two attached hydrogens (primary N) is 1. The van der Waals surface area contributed by atoms with Crippen molar-refractivity contribution in [2.75, 3.05) is 0 Å². The summed E-state index contributed by atoms with van der Waals surface area (Å²) in [7, 11) is 0. The van der Waals surface area contributed by atoms with Gasteiger partial charge in [0.05, 0.1) is 0 Å². The highest BCUT2D eigenvalue weighted by Crippen LogP contribution is 2.01. The monoisotopic (exact) mass is 138 g/mol. The molecule has 0 aliphatic carbocycles. The van der Waals surface area contributed by atoms with E-state index in [9.17, 15) is 4.39 Å². The van der Waals surface area contributed by atoms with Crippen molar-refractivity contribution in [3.05, 3.63) is 35.6 Å². The van der Waals surface area contributed by atoms with Gasteiger partial charge in [0.2, 0.25) is 0 Å². The van der Waals surface area contributed by atoms with Gasteiger partial charge >= 0.3 is 0 Å². The fraction of sp³-hybridized carbons (Fsp3) is 0. The van der Waals surface area contributed by atoms with Crippen LogP contribution in [-0.4, -0.2) is 5.84 Å². The summed E-state index contributed by atoms with van der Waals surface area (Å²) >= 11 is 0. The van der Waals surface area contributed by atoms with E-state index in [1.165, 1.54) is 18.2 Å². The van der Waals surface area contributed by atoms with E-state index in [0.717, 1.165) is 0 Å². The Labute approximate surface area is 58.0 Å². The quantitative estimate of drug-likeness (QED) is 0.443. The molecule has 0 aliphatic rings. The molecular weight excluding hydrogens is 131 g/mol. The Hall–Kier alpha value is -1.38. The molecule has 0 atom stereocenters. The van der Waals surface area contributed by atoms with Crippen LogP contribution in [0.2, 0.25) is 0 Å². The number of benzene rings is 1. The molecule has 0 saturated carbocycles. The summed E-state index contributed by atoms with van der Waals surface area (Å²) in [6.45, 7) is 0. The van der Waals surface area contributed by atoms with Gasteiger partial charge in [0.1, 0.15) is 11.7 Å². The minimum Gasteiger partial charge on any atom is -0.384 e. The number of nitrogen functional groups attached to an aromatic ring is 1. The van der Waals surface area contributed by atoms with Crippen molar-refractivity contribution in [1.29, 1.82) is 5.41 Å². The highest BCUT2D eigenvalue weighted by Gasteiger charge is 1.95. The normalized spacial score (nSPS) is 9.30. The Morgan fingerprint density at radius 1 is 1.50 bits per heavy atom. The number of rotatable bonds is 1. The van der Waals surface area contributed by atoms with Gasteiger partial charge in [-0.1, -0.05) is 12.1 Å². The first-order valence-corrected chi connectivity index (χ1v) is 2.80. The molecule has 0 radical (unpaired) electrons. The Kier molecular flexibility index (Phi) is 1.67. The maximum absolute atomic E-state index is 12.4. The molecule has 0 heterocycles. The van der Waals surface area contributed by atoms with Crippen LogP contribution in [0.25, 0.3) is 0 Å². The van der Waals surface area contributed by atoms with E-state index < -0.39 is 0 Å². The van der Waals surface area contributed by atoms with Crippen LogP contribution in [0.3, 0.4) is 0 Å². The van der Waals surface area contributed by atoms with Crippen molar-refractivity contribution in [3.63, 3.8) is 0 Å². The summed E-state index contributed by atoms with van der Waals surface area (Å²) < 4.78 is 12.4. The summed E-state index contributed by atoms with van der Waals surface area (Å²) in [5.41, 5.74) is 5.52. The van der Waals surface area contributed by atoms with E-state index in [-0.39, 0.29) is 11.7 Å². The molecule has 1 aromatic rings. The van der Waals surface area contributed by atoms with Crippen LogP contribution in [0, 0.1) is 11.2 Å². The minimum atomic E-state index is -0.368. The third kappa shape index (κ3) is 1.31. The summed E-state index contributed by atoms with van der Waals surface area (Å²) in [5, 5.41) is 6.94.